The van der Waals surface area contributed by atoms with Crippen molar-refractivity contribution in [2.75, 3.05) is 13.7 Å². The molecule has 2 aromatic rings. The molecule has 0 spiro atoms. The summed E-state index contributed by atoms with van der Waals surface area (Å²) in [5.41, 5.74) is 1.15. The molecule has 1 aliphatic rings. The summed E-state index contributed by atoms with van der Waals surface area (Å²) < 4.78 is 7.33. The van der Waals surface area contributed by atoms with Gasteiger partial charge in [0, 0.05) is 17.5 Å². The Labute approximate surface area is 113 Å². The van der Waals surface area contributed by atoms with Gasteiger partial charge < -0.3 is 10.1 Å². The van der Waals surface area contributed by atoms with Crippen molar-refractivity contribution in [2.24, 2.45) is 0 Å². The van der Waals surface area contributed by atoms with Gasteiger partial charge in [-0.1, -0.05) is 0 Å². The van der Waals surface area contributed by atoms with Gasteiger partial charge in [-0.2, -0.15) is 5.10 Å². The van der Waals surface area contributed by atoms with Crippen LogP contribution in [0.2, 0.25) is 0 Å². The van der Waals surface area contributed by atoms with Gasteiger partial charge in [0.25, 0.3) is 0 Å². The van der Waals surface area contributed by atoms with Gasteiger partial charge in [0.15, 0.2) is 0 Å². The average molecular weight is 268 g/mol. The van der Waals surface area contributed by atoms with Crippen LogP contribution in [0.3, 0.4) is 0 Å². The van der Waals surface area contributed by atoms with E-state index in [4.69, 9.17) is 4.74 Å². The molecule has 0 amide bonds. The van der Waals surface area contributed by atoms with E-state index in [1.165, 1.54) is 18.2 Å². The van der Waals surface area contributed by atoms with Crippen LogP contribution in [0.1, 0.15) is 12.8 Å². The molecule has 0 radical (unpaired) electrons. The minimum Gasteiger partial charge on any atom is -0.497 e. The Morgan fingerprint density at radius 3 is 3.11 bits per heavy atom. The van der Waals surface area contributed by atoms with Crippen LogP contribution < -0.4 is 10.1 Å². The maximum atomic E-state index is 5.26. The summed E-state index contributed by atoms with van der Waals surface area (Å²) in [4.78, 5) is 0. The van der Waals surface area contributed by atoms with Crippen LogP contribution in [0.15, 0.2) is 24.4 Å². The smallest absolute Gasteiger partial charge is 0.121 e. The van der Waals surface area contributed by atoms with E-state index in [0.29, 0.717) is 6.04 Å². The second kappa shape index (κ2) is 5.59. The number of aromatic nitrogens is 2. The first-order valence-electron chi connectivity index (χ1n) is 6.10. The molecule has 3 rings (SSSR count). The van der Waals surface area contributed by atoms with Gasteiger partial charge in [-0.05, 0) is 31.5 Å². The maximum Gasteiger partial charge on any atom is 0.121 e. The quantitative estimate of drug-likeness (QED) is 0.927. The van der Waals surface area contributed by atoms with Gasteiger partial charge in [0.1, 0.15) is 5.75 Å². The Morgan fingerprint density at radius 2 is 2.39 bits per heavy atom. The molecule has 0 unspecified atom stereocenters. The lowest BCUT2D eigenvalue weighted by molar-refractivity contribution is 0.415. The molecule has 1 N–H and O–H groups in total. The standard InChI is InChI=1S/C13H17N3O.ClH/c1-17-12-5-4-10-8-15-16(13(10)7-12)9-11-3-2-6-14-11;/h4-5,7-8,11,14H,2-3,6,9H2,1H3;1H/t11-;/m1./s1. The summed E-state index contributed by atoms with van der Waals surface area (Å²) in [6.07, 6.45) is 4.43. The molecule has 0 aliphatic carbocycles. The van der Waals surface area contributed by atoms with Crippen LogP contribution in [0.5, 0.6) is 5.75 Å². The van der Waals surface area contributed by atoms with Gasteiger partial charge in [-0.15, -0.1) is 12.4 Å². The SMILES string of the molecule is COc1ccc2cnn(C[C@H]3CCCN3)c2c1.Cl. The highest BCUT2D eigenvalue weighted by Gasteiger charge is 2.15. The van der Waals surface area contributed by atoms with Crippen LogP contribution in [0.25, 0.3) is 10.9 Å². The maximum absolute atomic E-state index is 5.26. The Balaban J connectivity index is 0.00000120. The number of nitrogens with zero attached hydrogens (tertiary/aromatic N) is 2. The third-order valence-corrected chi connectivity index (χ3v) is 3.41. The Hall–Kier alpha value is -1.26. The topological polar surface area (TPSA) is 39.1 Å². The van der Waals surface area contributed by atoms with Gasteiger partial charge in [0.2, 0.25) is 0 Å². The van der Waals surface area contributed by atoms with E-state index in [9.17, 15) is 0 Å². The molecule has 0 bridgehead atoms. The van der Waals surface area contributed by atoms with E-state index in [-0.39, 0.29) is 12.4 Å². The number of fused-ring (bicyclic) bond motifs is 1. The molecule has 1 aromatic heterocycles. The molecular weight excluding hydrogens is 250 g/mol. The third-order valence-electron chi connectivity index (χ3n) is 3.41. The summed E-state index contributed by atoms with van der Waals surface area (Å²) in [6, 6.07) is 6.64. The molecule has 2 heterocycles. The fourth-order valence-electron chi connectivity index (χ4n) is 2.44. The first-order valence-corrected chi connectivity index (χ1v) is 6.10. The van der Waals surface area contributed by atoms with Crippen LogP contribution in [-0.4, -0.2) is 29.5 Å². The second-order valence-electron chi connectivity index (χ2n) is 4.54. The summed E-state index contributed by atoms with van der Waals surface area (Å²) in [5, 5.41) is 9.12. The fourth-order valence-corrected chi connectivity index (χ4v) is 2.44. The summed E-state index contributed by atoms with van der Waals surface area (Å²) in [5.74, 6) is 0.888. The predicted octanol–water partition coefficient (Wildman–Crippen LogP) is 2.22. The van der Waals surface area contributed by atoms with Crippen molar-refractivity contribution >= 4 is 23.3 Å². The summed E-state index contributed by atoms with van der Waals surface area (Å²) in [7, 11) is 1.69. The number of halogens is 1. The number of rotatable bonds is 3. The first-order chi connectivity index (χ1) is 8.36. The Morgan fingerprint density at radius 1 is 1.50 bits per heavy atom. The van der Waals surface area contributed by atoms with E-state index in [1.54, 1.807) is 7.11 Å². The summed E-state index contributed by atoms with van der Waals surface area (Å²) in [6.45, 7) is 2.07. The lowest BCUT2D eigenvalue weighted by atomic mass is 10.2. The largest absolute Gasteiger partial charge is 0.497 e. The van der Waals surface area contributed by atoms with Crippen LogP contribution >= 0.6 is 12.4 Å². The molecule has 1 aromatic carbocycles. The lowest BCUT2D eigenvalue weighted by Gasteiger charge is -2.11. The highest BCUT2D eigenvalue weighted by Crippen LogP contribution is 2.21. The van der Waals surface area contributed by atoms with E-state index >= 15 is 0 Å². The number of nitrogens with one attached hydrogen (secondary N) is 1. The molecule has 18 heavy (non-hydrogen) atoms. The van der Waals surface area contributed by atoms with Crippen LogP contribution in [0.4, 0.5) is 0 Å². The Kier molecular flexibility index (Phi) is 4.09. The molecule has 5 heteroatoms. The van der Waals surface area contributed by atoms with E-state index in [2.05, 4.69) is 27.2 Å². The highest BCUT2D eigenvalue weighted by molar-refractivity contribution is 5.85. The van der Waals surface area contributed by atoms with Gasteiger partial charge in [0.05, 0.1) is 25.4 Å². The lowest BCUT2D eigenvalue weighted by Crippen LogP contribution is -2.27. The monoisotopic (exact) mass is 267 g/mol. The van der Waals surface area contributed by atoms with Crippen molar-refractivity contribution in [3.63, 3.8) is 0 Å². The fraction of sp³-hybridized carbons (Fsp3) is 0.462. The zero-order valence-corrected chi connectivity index (χ0v) is 11.2. The molecule has 1 saturated heterocycles. The van der Waals surface area contributed by atoms with E-state index < -0.39 is 0 Å². The Bertz CT molecular complexity index is 520. The number of benzene rings is 1. The number of hydrogen-bond acceptors (Lipinski definition) is 3. The third kappa shape index (κ3) is 2.44. The predicted molar refractivity (Wildman–Crippen MR) is 74.6 cm³/mol. The average Bonchev–Trinajstić information content (AvgIpc) is 2.99. The minimum absolute atomic E-state index is 0. The van der Waals surface area contributed by atoms with Crippen molar-refractivity contribution in [1.29, 1.82) is 0 Å². The van der Waals surface area contributed by atoms with Gasteiger partial charge >= 0.3 is 0 Å². The molecule has 98 valence electrons. The molecule has 4 nitrogen and oxygen atoms in total. The van der Waals surface area contributed by atoms with Gasteiger partial charge in [-0.25, -0.2) is 0 Å². The number of ether oxygens (including phenoxy) is 1. The highest BCUT2D eigenvalue weighted by atomic mass is 35.5. The van der Waals surface area contributed by atoms with Gasteiger partial charge in [-0.3, -0.25) is 4.68 Å². The van der Waals surface area contributed by atoms with Crippen LogP contribution in [-0.2, 0) is 6.54 Å². The molecule has 0 saturated carbocycles. The van der Waals surface area contributed by atoms with Crippen molar-refractivity contribution < 1.29 is 4.74 Å². The van der Waals surface area contributed by atoms with E-state index in [0.717, 1.165) is 24.4 Å². The normalized spacial score (nSPS) is 18.8. The second-order valence-corrected chi connectivity index (χ2v) is 4.54. The van der Waals surface area contributed by atoms with Crippen molar-refractivity contribution in [3.05, 3.63) is 24.4 Å². The van der Waals surface area contributed by atoms with Crippen molar-refractivity contribution in [2.45, 2.75) is 25.4 Å². The van der Waals surface area contributed by atoms with Crippen LogP contribution in [0, 0.1) is 0 Å². The summed E-state index contributed by atoms with van der Waals surface area (Å²) >= 11 is 0. The first kappa shape index (κ1) is 13.2. The zero-order chi connectivity index (χ0) is 11.7. The number of methoxy groups -OCH3 is 1. The zero-order valence-electron chi connectivity index (χ0n) is 10.4. The van der Waals surface area contributed by atoms with Crippen molar-refractivity contribution in [1.82, 2.24) is 15.1 Å². The molecule has 1 atom stereocenters. The number of hydrogen-bond donors (Lipinski definition) is 1. The molecule has 1 fully saturated rings. The van der Waals surface area contributed by atoms with Crippen molar-refractivity contribution in [3.8, 4) is 5.75 Å². The van der Waals surface area contributed by atoms with E-state index in [1.807, 2.05) is 12.3 Å². The molecule has 1 aliphatic heterocycles. The minimum atomic E-state index is 0. The molecular formula is C13H18ClN3O.